The number of nitrogens with zero attached hydrogens (tertiary/aromatic N) is 2. The summed E-state index contributed by atoms with van der Waals surface area (Å²) in [5.41, 5.74) is 7.91. The molecule has 0 atom stereocenters. The molecule has 0 aliphatic heterocycles. The lowest BCUT2D eigenvalue weighted by atomic mass is 10.3. The highest BCUT2D eigenvalue weighted by atomic mass is 32.1. The Balaban J connectivity index is 2.80. The first kappa shape index (κ1) is 11.9. The minimum Gasteiger partial charge on any atom is -0.348 e. The van der Waals surface area contributed by atoms with Gasteiger partial charge in [-0.05, 0) is 6.92 Å². The Kier molecular flexibility index (Phi) is 4.48. The summed E-state index contributed by atoms with van der Waals surface area (Å²) >= 11 is 4.20. The van der Waals surface area contributed by atoms with Gasteiger partial charge in [-0.3, -0.25) is 15.6 Å². The standard InChI is InChI=1S/C9H17N5S/c1-7-8(13-6-12-7)5-14(3-4-15)9(10)11-2/h6H,3-5H2,1-2H3,(H4,10,11,12,13,15)/p+1. The van der Waals surface area contributed by atoms with Crippen molar-refractivity contribution in [3.05, 3.63) is 17.7 Å². The summed E-state index contributed by atoms with van der Waals surface area (Å²) in [5, 5.41) is 2.93. The lowest BCUT2D eigenvalue weighted by molar-refractivity contribution is -0.542. The summed E-state index contributed by atoms with van der Waals surface area (Å²) < 4.78 is 2.01. The Hall–Kier alpha value is -1.17. The van der Waals surface area contributed by atoms with Gasteiger partial charge in [0.2, 0.25) is 0 Å². The summed E-state index contributed by atoms with van der Waals surface area (Å²) in [6.07, 6.45) is 1.69. The molecule has 6 heteroatoms. The zero-order valence-electron chi connectivity index (χ0n) is 9.12. The first-order valence-electron chi connectivity index (χ1n) is 4.83. The summed E-state index contributed by atoms with van der Waals surface area (Å²) in [4.78, 5) is 7.28. The van der Waals surface area contributed by atoms with Crippen molar-refractivity contribution in [2.24, 2.45) is 5.73 Å². The highest BCUT2D eigenvalue weighted by molar-refractivity contribution is 7.80. The third-order valence-corrected chi connectivity index (χ3v) is 2.44. The van der Waals surface area contributed by atoms with Crippen molar-refractivity contribution >= 4 is 18.6 Å². The maximum absolute atomic E-state index is 5.83. The largest absolute Gasteiger partial charge is 0.348 e. The summed E-state index contributed by atoms with van der Waals surface area (Å²) in [6.45, 7) is 3.49. The van der Waals surface area contributed by atoms with Crippen LogP contribution in [0.5, 0.6) is 0 Å². The molecule has 0 amide bonds. The number of rotatable bonds is 4. The van der Waals surface area contributed by atoms with E-state index in [1.54, 1.807) is 13.4 Å². The number of aromatic amines is 1. The predicted octanol–water partition coefficient (Wildman–Crippen LogP) is -0.305. The third kappa shape index (κ3) is 3.16. The summed E-state index contributed by atoms with van der Waals surface area (Å²) in [7, 11) is 1.80. The first-order chi connectivity index (χ1) is 7.19. The highest BCUT2D eigenvalue weighted by Gasteiger charge is 2.09. The van der Waals surface area contributed by atoms with E-state index >= 15 is 0 Å². The molecule has 0 aliphatic rings. The number of hydrogen-bond donors (Lipinski definition) is 4. The number of hydrogen-bond acceptors (Lipinski definition) is 2. The Morgan fingerprint density at radius 1 is 1.73 bits per heavy atom. The summed E-state index contributed by atoms with van der Waals surface area (Å²) in [6, 6.07) is 0. The Morgan fingerprint density at radius 2 is 2.47 bits per heavy atom. The van der Waals surface area contributed by atoms with Crippen LogP contribution >= 0.6 is 12.6 Å². The normalized spacial score (nSPS) is 12.5. The number of thiol groups is 1. The minimum absolute atomic E-state index is 0.645. The molecule has 0 saturated heterocycles. The Labute approximate surface area is 95.2 Å². The van der Waals surface area contributed by atoms with E-state index in [-0.39, 0.29) is 0 Å². The molecule has 1 aromatic rings. The molecule has 15 heavy (non-hydrogen) atoms. The van der Waals surface area contributed by atoms with Gasteiger partial charge < -0.3 is 4.98 Å². The lowest BCUT2D eigenvalue weighted by Crippen LogP contribution is -2.39. The number of nitrogens with one attached hydrogen (secondary N) is 2. The van der Waals surface area contributed by atoms with Crippen LogP contribution < -0.4 is 11.1 Å². The molecule has 0 spiro atoms. The Morgan fingerprint density at radius 3 is 2.93 bits per heavy atom. The van der Waals surface area contributed by atoms with Crippen LogP contribution in [0.1, 0.15) is 11.4 Å². The van der Waals surface area contributed by atoms with E-state index in [2.05, 4.69) is 27.9 Å². The molecule has 0 saturated carbocycles. The van der Waals surface area contributed by atoms with E-state index < -0.39 is 0 Å². The van der Waals surface area contributed by atoms with Gasteiger partial charge in [-0.2, -0.15) is 12.6 Å². The monoisotopic (exact) mass is 228 g/mol. The molecule has 1 heterocycles. The molecule has 0 bridgehead atoms. The van der Waals surface area contributed by atoms with Crippen molar-refractivity contribution in [1.29, 1.82) is 0 Å². The number of guanidine groups is 1. The quantitative estimate of drug-likeness (QED) is 0.247. The van der Waals surface area contributed by atoms with Crippen molar-refractivity contribution in [1.82, 2.24) is 15.3 Å². The maximum atomic E-state index is 5.83. The van der Waals surface area contributed by atoms with Crippen LogP contribution in [0.2, 0.25) is 0 Å². The van der Waals surface area contributed by atoms with Crippen LogP contribution in [0.3, 0.4) is 0 Å². The molecule has 5 nitrogen and oxygen atoms in total. The third-order valence-electron chi connectivity index (χ3n) is 2.24. The zero-order chi connectivity index (χ0) is 11.3. The maximum Gasteiger partial charge on any atom is 0.343 e. The number of imidazole rings is 1. The number of aromatic nitrogens is 2. The second-order valence-corrected chi connectivity index (χ2v) is 3.70. The molecule has 84 valence electrons. The van der Waals surface area contributed by atoms with Crippen molar-refractivity contribution in [2.75, 3.05) is 19.3 Å². The topological polar surface area (TPSA) is 69.7 Å². The van der Waals surface area contributed by atoms with E-state index in [1.807, 2.05) is 11.5 Å². The van der Waals surface area contributed by atoms with Gasteiger partial charge in [0.05, 0.1) is 25.6 Å². The molecule has 1 rings (SSSR count). The van der Waals surface area contributed by atoms with E-state index in [0.29, 0.717) is 12.5 Å². The van der Waals surface area contributed by atoms with Gasteiger partial charge in [0.1, 0.15) is 6.54 Å². The van der Waals surface area contributed by atoms with E-state index in [1.165, 1.54) is 0 Å². The molecular weight excluding hydrogens is 210 g/mol. The van der Waals surface area contributed by atoms with Gasteiger partial charge in [-0.1, -0.05) is 0 Å². The molecule has 0 unspecified atom stereocenters. The molecule has 0 aromatic carbocycles. The fourth-order valence-corrected chi connectivity index (χ4v) is 1.53. The molecule has 1 aromatic heterocycles. The minimum atomic E-state index is 0.645. The van der Waals surface area contributed by atoms with Crippen LogP contribution in [-0.2, 0) is 6.54 Å². The van der Waals surface area contributed by atoms with Crippen LogP contribution in [-0.4, -0.2) is 39.8 Å². The molecular formula is C9H18N5S+. The number of H-pyrrole nitrogens is 1. The lowest BCUT2D eigenvalue weighted by Gasteiger charge is -2.08. The van der Waals surface area contributed by atoms with Gasteiger partial charge in [0, 0.05) is 11.4 Å². The predicted molar refractivity (Wildman–Crippen MR) is 64.3 cm³/mol. The van der Waals surface area contributed by atoms with Crippen molar-refractivity contribution in [3.8, 4) is 0 Å². The van der Waals surface area contributed by atoms with Crippen molar-refractivity contribution in [2.45, 2.75) is 13.5 Å². The van der Waals surface area contributed by atoms with E-state index in [4.69, 9.17) is 5.73 Å². The van der Waals surface area contributed by atoms with E-state index in [9.17, 15) is 0 Å². The van der Waals surface area contributed by atoms with Gasteiger partial charge in [0.25, 0.3) is 0 Å². The van der Waals surface area contributed by atoms with Gasteiger partial charge in [-0.25, -0.2) is 4.98 Å². The SMILES string of the molecule is CNC(N)=[N+](CCS)Cc1nc[nH]c1C. The van der Waals surface area contributed by atoms with Gasteiger partial charge >= 0.3 is 5.96 Å². The van der Waals surface area contributed by atoms with Crippen LogP contribution in [0.25, 0.3) is 0 Å². The van der Waals surface area contributed by atoms with Gasteiger partial charge in [0.15, 0.2) is 0 Å². The second kappa shape index (κ2) is 5.65. The molecule has 4 N–H and O–H groups in total. The van der Waals surface area contributed by atoms with Crippen LogP contribution in [0, 0.1) is 6.92 Å². The van der Waals surface area contributed by atoms with Gasteiger partial charge in [-0.15, -0.1) is 0 Å². The van der Waals surface area contributed by atoms with Crippen LogP contribution in [0.4, 0.5) is 0 Å². The van der Waals surface area contributed by atoms with Crippen molar-refractivity contribution < 1.29 is 4.58 Å². The molecule has 0 fully saturated rings. The average Bonchev–Trinajstić information content (AvgIpc) is 2.63. The average molecular weight is 228 g/mol. The van der Waals surface area contributed by atoms with E-state index in [0.717, 1.165) is 23.7 Å². The Bertz CT molecular complexity index is 344. The number of nitrogens with two attached hydrogens (primary N) is 1. The second-order valence-electron chi connectivity index (χ2n) is 3.25. The fourth-order valence-electron chi connectivity index (χ4n) is 1.29. The number of aryl methyl sites for hydroxylation is 1. The smallest absolute Gasteiger partial charge is 0.343 e. The molecule has 0 radical (unpaired) electrons. The fraction of sp³-hybridized carbons (Fsp3) is 0.556. The summed E-state index contributed by atoms with van der Waals surface area (Å²) in [5.74, 6) is 1.40. The highest BCUT2D eigenvalue weighted by Crippen LogP contribution is 2.02. The first-order valence-corrected chi connectivity index (χ1v) is 5.47. The van der Waals surface area contributed by atoms with Crippen molar-refractivity contribution in [3.63, 3.8) is 0 Å². The zero-order valence-corrected chi connectivity index (χ0v) is 10.0. The van der Waals surface area contributed by atoms with Crippen LogP contribution in [0.15, 0.2) is 6.33 Å². The molecule has 0 aliphatic carbocycles.